The molecule has 0 bridgehead atoms. The quantitative estimate of drug-likeness (QED) is 0.675. The monoisotopic (exact) mass is 371 g/mol. The van der Waals surface area contributed by atoms with Gasteiger partial charge in [0.05, 0.1) is 17.0 Å². The first-order valence-corrected chi connectivity index (χ1v) is 9.58. The number of rotatable bonds is 5. The molecule has 0 fully saturated rings. The highest BCUT2D eigenvalue weighted by atomic mass is 32.1. The van der Waals surface area contributed by atoms with Gasteiger partial charge in [-0.05, 0) is 35.6 Å². The van der Waals surface area contributed by atoms with E-state index in [9.17, 15) is 9.59 Å². The van der Waals surface area contributed by atoms with Crippen molar-refractivity contribution in [3.8, 4) is 9.88 Å². The minimum Gasteiger partial charge on any atom is -0.273 e. The van der Waals surface area contributed by atoms with Gasteiger partial charge in [0, 0.05) is 10.9 Å². The number of carbonyl (C=O) groups is 2. The van der Waals surface area contributed by atoms with Crippen LogP contribution in [0.15, 0.2) is 47.2 Å². The largest absolute Gasteiger partial charge is 0.273 e. The van der Waals surface area contributed by atoms with E-state index in [0.717, 1.165) is 21.9 Å². The average molecular weight is 371 g/mol. The van der Waals surface area contributed by atoms with E-state index in [-0.39, 0.29) is 18.2 Å². The maximum absolute atomic E-state index is 12.0. The van der Waals surface area contributed by atoms with E-state index in [1.165, 1.54) is 11.3 Å². The van der Waals surface area contributed by atoms with Gasteiger partial charge in [0.15, 0.2) is 0 Å². The second-order valence-electron chi connectivity index (χ2n) is 5.35. The number of hydrogen-bond acceptors (Lipinski definition) is 5. The van der Waals surface area contributed by atoms with Crippen molar-refractivity contribution < 1.29 is 9.59 Å². The summed E-state index contributed by atoms with van der Waals surface area (Å²) in [6, 6.07) is 11.3. The van der Waals surface area contributed by atoms with Crippen molar-refractivity contribution in [1.29, 1.82) is 0 Å². The molecule has 0 radical (unpaired) electrons. The topological polar surface area (TPSA) is 71.1 Å². The fraction of sp³-hybridized carbons (Fsp3) is 0.167. The van der Waals surface area contributed by atoms with Crippen LogP contribution in [-0.2, 0) is 17.6 Å². The number of hydrogen-bond donors (Lipinski definition) is 2. The third kappa shape index (κ3) is 4.52. The van der Waals surface area contributed by atoms with Crippen LogP contribution in [0.5, 0.6) is 0 Å². The van der Waals surface area contributed by atoms with Crippen molar-refractivity contribution in [2.45, 2.75) is 19.8 Å². The van der Waals surface area contributed by atoms with Crippen LogP contribution in [0.1, 0.15) is 28.5 Å². The van der Waals surface area contributed by atoms with Gasteiger partial charge in [-0.3, -0.25) is 20.4 Å². The predicted molar refractivity (Wildman–Crippen MR) is 101 cm³/mol. The van der Waals surface area contributed by atoms with Gasteiger partial charge in [-0.15, -0.1) is 22.7 Å². The Balaban J connectivity index is 1.51. The maximum atomic E-state index is 12.0. The molecule has 0 atom stereocenters. The first-order valence-electron chi connectivity index (χ1n) is 7.82. The molecule has 1 aromatic carbocycles. The molecule has 5 nitrogen and oxygen atoms in total. The van der Waals surface area contributed by atoms with Crippen LogP contribution in [0.2, 0.25) is 0 Å². The lowest BCUT2D eigenvalue weighted by Gasteiger charge is -2.07. The van der Waals surface area contributed by atoms with Crippen molar-refractivity contribution in [3.63, 3.8) is 0 Å². The lowest BCUT2D eigenvalue weighted by atomic mass is 10.1. The molecule has 25 heavy (non-hydrogen) atoms. The van der Waals surface area contributed by atoms with Gasteiger partial charge in [0.2, 0.25) is 5.91 Å². The Morgan fingerprint density at radius 2 is 1.88 bits per heavy atom. The zero-order valence-corrected chi connectivity index (χ0v) is 15.2. The summed E-state index contributed by atoms with van der Waals surface area (Å²) >= 11 is 3.12. The molecule has 0 saturated heterocycles. The average Bonchev–Trinajstić information content (AvgIpc) is 3.31. The Morgan fingerprint density at radius 3 is 2.56 bits per heavy atom. The molecule has 0 unspecified atom stereocenters. The van der Waals surface area contributed by atoms with E-state index in [0.29, 0.717) is 11.3 Å². The van der Waals surface area contributed by atoms with Crippen molar-refractivity contribution in [3.05, 3.63) is 64.0 Å². The van der Waals surface area contributed by atoms with Gasteiger partial charge >= 0.3 is 0 Å². The standard InChI is InChI=1S/C18H17N3O2S2/c1-2-12-5-7-13(8-6-12)17(23)21-20-16(22)10-14-11-25-18(19-14)15-4-3-9-24-15/h3-9,11H,2,10H2,1H3,(H,20,22)(H,21,23). The van der Waals surface area contributed by atoms with E-state index in [1.54, 1.807) is 23.5 Å². The second kappa shape index (κ2) is 8.04. The first kappa shape index (κ1) is 17.3. The highest BCUT2D eigenvalue weighted by Crippen LogP contribution is 2.27. The van der Waals surface area contributed by atoms with Crippen molar-refractivity contribution in [2.24, 2.45) is 0 Å². The third-order valence-corrected chi connectivity index (χ3v) is 5.50. The Kier molecular flexibility index (Phi) is 5.57. The molecule has 3 rings (SSSR count). The molecule has 2 amide bonds. The number of thiophene rings is 1. The normalized spacial score (nSPS) is 10.4. The zero-order chi connectivity index (χ0) is 17.6. The lowest BCUT2D eigenvalue weighted by molar-refractivity contribution is -0.121. The Morgan fingerprint density at radius 1 is 1.08 bits per heavy atom. The maximum Gasteiger partial charge on any atom is 0.269 e. The number of aryl methyl sites for hydroxylation is 1. The van der Waals surface area contributed by atoms with Crippen LogP contribution in [0.25, 0.3) is 9.88 Å². The molecule has 7 heteroatoms. The van der Waals surface area contributed by atoms with Crippen molar-refractivity contribution >= 4 is 34.5 Å². The smallest absolute Gasteiger partial charge is 0.269 e. The molecule has 3 aromatic rings. The Hall–Kier alpha value is -2.51. The zero-order valence-electron chi connectivity index (χ0n) is 13.6. The number of nitrogens with one attached hydrogen (secondary N) is 2. The van der Waals surface area contributed by atoms with Gasteiger partial charge in [0.1, 0.15) is 5.01 Å². The molecular formula is C18H17N3O2S2. The van der Waals surface area contributed by atoms with Gasteiger partial charge in [0.25, 0.3) is 5.91 Å². The number of benzene rings is 1. The summed E-state index contributed by atoms with van der Waals surface area (Å²) in [5.41, 5.74) is 7.21. The minimum atomic E-state index is -0.339. The summed E-state index contributed by atoms with van der Waals surface area (Å²) in [6.07, 6.45) is 1.04. The fourth-order valence-corrected chi connectivity index (χ4v) is 3.83. The number of aromatic nitrogens is 1. The van der Waals surface area contributed by atoms with Crippen LogP contribution < -0.4 is 10.9 Å². The molecular weight excluding hydrogens is 354 g/mol. The third-order valence-electron chi connectivity index (χ3n) is 3.57. The SMILES string of the molecule is CCc1ccc(C(=O)NNC(=O)Cc2csc(-c3cccs3)n2)cc1. The summed E-state index contributed by atoms with van der Waals surface area (Å²) in [4.78, 5) is 29.5. The molecule has 2 N–H and O–H groups in total. The van der Waals surface area contributed by atoms with Crippen molar-refractivity contribution in [2.75, 3.05) is 0 Å². The van der Waals surface area contributed by atoms with E-state index >= 15 is 0 Å². The highest BCUT2D eigenvalue weighted by molar-refractivity contribution is 7.20. The van der Waals surface area contributed by atoms with Gasteiger partial charge in [-0.2, -0.15) is 0 Å². The summed E-state index contributed by atoms with van der Waals surface area (Å²) in [5, 5.41) is 4.75. The molecule has 0 aliphatic carbocycles. The molecule has 0 aliphatic heterocycles. The Labute approximate surface area is 153 Å². The first-order chi connectivity index (χ1) is 12.2. The van der Waals surface area contributed by atoms with Gasteiger partial charge < -0.3 is 0 Å². The van der Waals surface area contributed by atoms with Crippen LogP contribution in [-0.4, -0.2) is 16.8 Å². The number of amides is 2. The van der Waals surface area contributed by atoms with Crippen LogP contribution in [0.3, 0.4) is 0 Å². The molecule has 0 saturated carbocycles. The molecule has 0 aliphatic rings. The molecule has 0 spiro atoms. The lowest BCUT2D eigenvalue weighted by Crippen LogP contribution is -2.42. The number of thiazole rings is 1. The summed E-state index contributed by atoms with van der Waals surface area (Å²) in [7, 11) is 0. The summed E-state index contributed by atoms with van der Waals surface area (Å²) < 4.78 is 0. The number of hydrazine groups is 1. The van der Waals surface area contributed by atoms with E-state index in [2.05, 4.69) is 22.8 Å². The van der Waals surface area contributed by atoms with Gasteiger partial charge in [-0.1, -0.05) is 25.1 Å². The second-order valence-corrected chi connectivity index (χ2v) is 7.16. The van der Waals surface area contributed by atoms with Crippen molar-refractivity contribution in [1.82, 2.24) is 15.8 Å². The van der Waals surface area contributed by atoms with Crippen LogP contribution >= 0.6 is 22.7 Å². The van der Waals surface area contributed by atoms with Crippen LogP contribution in [0.4, 0.5) is 0 Å². The van der Waals surface area contributed by atoms with E-state index < -0.39 is 0 Å². The highest BCUT2D eigenvalue weighted by Gasteiger charge is 2.11. The molecule has 2 aromatic heterocycles. The van der Waals surface area contributed by atoms with E-state index in [4.69, 9.17) is 0 Å². The van der Waals surface area contributed by atoms with Crippen LogP contribution in [0, 0.1) is 0 Å². The minimum absolute atomic E-state index is 0.122. The number of nitrogens with zero attached hydrogens (tertiary/aromatic N) is 1. The number of carbonyl (C=O) groups excluding carboxylic acids is 2. The van der Waals surface area contributed by atoms with E-state index in [1.807, 2.05) is 35.0 Å². The van der Waals surface area contributed by atoms with Gasteiger partial charge in [-0.25, -0.2) is 4.98 Å². The summed E-state index contributed by atoms with van der Waals surface area (Å²) in [5.74, 6) is -0.643. The predicted octanol–water partition coefficient (Wildman–Crippen LogP) is 3.44. The molecule has 128 valence electrons. The Bertz CT molecular complexity index is 855. The molecule has 2 heterocycles. The fourth-order valence-electron chi connectivity index (χ4n) is 2.20. The summed E-state index contributed by atoms with van der Waals surface area (Å²) in [6.45, 7) is 2.05.